The van der Waals surface area contributed by atoms with Crippen LogP contribution in [-0.2, 0) is 0 Å². The average molecular weight is 553 g/mol. The number of pyridine rings is 1. The van der Waals surface area contributed by atoms with E-state index in [4.69, 9.17) is 19.4 Å². The Bertz CT molecular complexity index is 2170. The van der Waals surface area contributed by atoms with E-state index >= 15 is 0 Å². The zero-order valence-electron chi connectivity index (χ0n) is 23.1. The molecule has 0 aliphatic rings. The predicted molar refractivity (Wildman–Crippen MR) is 172 cm³/mol. The summed E-state index contributed by atoms with van der Waals surface area (Å²) < 4.78 is 6.38. The van der Waals surface area contributed by atoms with Gasteiger partial charge in [-0.15, -0.1) is 0 Å². The van der Waals surface area contributed by atoms with Crippen LogP contribution in [-0.4, -0.2) is 19.9 Å². The van der Waals surface area contributed by atoms with Crippen molar-refractivity contribution in [2.75, 3.05) is 0 Å². The first-order valence-corrected chi connectivity index (χ1v) is 14.1. The van der Waals surface area contributed by atoms with Crippen LogP contribution < -0.4 is 0 Å². The van der Waals surface area contributed by atoms with Crippen molar-refractivity contribution in [2.24, 2.45) is 0 Å². The van der Waals surface area contributed by atoms with Gasteiger partial charge in [-0.3, -0.25) is 4.98 Å². The SMILES string of the molecule is c1ccc(-c2cc(-c3cccnc3)cc(-c3nc(-c4ccccc4)nc(-c4cccc5c4oc4ccccc45)n3)c2)cc1. The zero-order valence-corrected chi connectivity index (χ0v) is 23.1. The van der Waals surface area contributed by atoms with E-state index in [-0.39, 0.29) is 0 Å². The molecule has 0 N–H and O–H groups in total. The molecule has 3 heterocycles. The van der Waals surface area contributed by atoms with Crippen molar-refractivity contribution in [2.45, 2.75) is 0 Å². The van der Waals surface area contributed by atoms with Crippen molar-refractivity contribution in [1.29, 1.82) is 0 Å². The number of benzene rings is 5. The fourth-order valence-corrected chi connectivity index (χ4v) is 5.52. The first-order chi connectivity index (χ1) is 21.3. The largest absolute Gasteiger partial charge is 0.455 e. The molecule has 8 aromatic rings. The number of aromatic nitrogens is 4. The minimum absolute atomic E-state index is 0.557. The molecule has 5 aromatic carbocycles. The molecule has 3 aromatic heterocycles. The number of nitrogens with zero attached hydrogens (tertiary/aromatic N) is 4. The van der Waals surface area contributed by atoms with Gasteiger partial charge in [-0.2, -0.15) is 0 Å². The van der Waals surface area contributed by atoms with Crippen LogP contribution in [0, 0.1) is 0 Å². The third-order valence-electron chi connectivity index (χ3n) is 7.61. The fourth-order valence-electron chi connectivity index (χ4n) is 5.52. The van der Waals surface area contributed by atoms with Crippen molar-refractivity contribution < 1.29 is 4.42 Å². The van der Waals surface area contributed by atoms with Gasteiger partial charge in [0.1, 0.15) is 11.2 Å². The number of rotatable bonds is 5. The first kappa shape index (κ1) is 24.8. The lowest BCUT2D eigenvalue weighted by atomic mass is 9.96. The summed E-state index contributed by atoms with van der Waals surface area (Å²) in [5.41, 5.74) is 8.44. The Kier molecular flexibility index (Phi) is 6.05. The topological polar surface area (TPSA) is 64.7 Å². The fraction of sp³-hybridized carbons (Fsp3) is 0. The molecule has 0 atom stereocenters. The number of fused-ring (bicyclic) bond motifs is 3. The van der Waals surface area contributed by atoms with Gasteiger partial charge in [-0.1, -0.05) is 97.1 Å². The quantitative estimate of drug-likeness (QED) is 0.213. The van der Waals surface area contributed by atoms with Crippen LogP contribution >= 0.6 is 0 Å². The summed E-state index contributed by atoms with van der Waals surface area (Å²) >= 11 is 0. The highest BCUT2D eigenvalue weighted by atomic mass is 16.3. The van der Waals surface area contributed by atoms with E-state index in [0.29, 0.717) is 17.5 Å². The Labute approximate surface area is 248 Å². The molecule has 0 amide bonds. The minimum Gasteiger partial charge on any atom is -0.455 e. The van der Waals surface area contributed by atoms with E-state index in [1.807, 2.05) is 91.1 Å². The summed E-state index contributed by atoms with van der Waals surface area (Å²) in [5, 5.41) is 2.09. The van der Waals surface area contributed by atoms with Crippen molar-refractivity contribution in [1.82, 2.24) is 19.9 Å². The van der Waals surface area contributed by atoms with Crippen LogP contribution in [0.4, 0.5) is 0 Å². The Morgan fingerprint density at radius 3 is 1.79 bits per heavy atom. The lowest BCUT2D eigenvalue weighted by Crippen LogP contribution is -2.00. The minimum atomic E-state index is 0.557. The molecule has 0 aliphatic heterocycles. The van der Waals surface area contributed by atoms with Crippen LogP contribution in [0.5, 0.6) is 0 Å². The molecule has 0 radical (unpaired) electrons. The summed E-state index contributed by atoms with van der Waals surface area (Å²) in [6.07, 6.45) is 3.67. The maximum Gasteiger partial charge on any atom is 0.167 e. The Morgan fingerprint density at radius 2 is 1.02 bits per heavy atom. The highest BCUT2D eigenvalue weighted by Gasteiger charge is 2.18. The van der Waals surface area contributed by atoms with Gasteiger partial charge < -0.3 is 4.42 Å². The monoisotopic (exact) mass is 552 g/mol. The normalized spacial score (nSPS) is 11.3. The van der Waals surface area contributed by atoms with E-state index in [0.717, 1.165) is 60.9 Å². The van der Waals surface area contributed by atoms with E-state index < -0.39 is 0 Å². The summed E-state index contributed by atoms with van der Waals surface area (Å²) in [6.45, 7) is 0. The molecule has 5 nitrogen and oxygen atoms in total. The molecule has 5 heteroatoms. The summed E-state index contributed by atoms with van der Waals surface area (Å²) in [5.74, 6) is 1.74. The second kappa shape index (κ2) is 10.5. The van der Waals surface area contributed by atoms with Gasteiger partial charge in [0.05, 0.1) is 5.56 Å². The summed E-state index contributed by atoms with van der Waals surface area (Å²) in [7, 11) is 0. The second-order valence-electron chi connectivity index (χ2n) is 10.4. The van der Waals surface area contributed by atoms with E-state index in [2.05, 4.69) is 53.5 Å². The van der Waals surface area contributed by atoms with Crippen LogP contribution in [0.1, 0.15) is 0 Å². The van der Waals surface area contributed by atoms with Crippen LogP contribution in [0.25, 0.3) is 78.4 Å². The number of hydrogen-bond donors (Lipinski definition) is 0. The van der Waals surface area contributed by atoms with Crippen LogP contribution in [0.2, 0.25) is 0 Å². The molecule has 0 bridgehead atoms. The maximum atomic E-state index is 6.38. The van der Waals surface area contributed by atoms with Gasteiger partial charge in [0.15, 0.2) is 17.5 Å². The van der Waals surface area contributed by atoms with Gasteiger partial charge in [-0.05, 0) is 53.1 Å². The predicted octanol–water partition coefficient (Wildman–Crippen LogP) is 9.50. The second-order valence-corrected chi connectivity index (χ2v) is 10.4. The standard InChI is InChI=1S/C38H24N4O/c1-3-11-25(12-4-1)28-21-29(27-15-10-20-39-24-27)23-30(22-28)37-40-36(26-13-5-2-6-14-26)41-38(42-37)33-18-9-17-32-31-16-7-8-19-34(31)43-35(32)33/h1-24H. The van der Waals surface area contributed by atoms with Gasteiger partial charge in [-0.25, -0.2) is 15.0 Å². The van der Waals surface area contributed by atoms with Gasteiger partial charge in [0, 0.05) is 39.9 Å². The molecule has 202 valence electrons. The molecule has 0 fully saturated rings. The zero-order chi connectivity index (χ0) is 28.6. The van der Waals surface area contributed by atoms with E-state index in [9.17, 15) is 0 Å². The Balaban J connectivity index is 1.38. The van der Waals surface area contributed by atoms with E-state index in [1.165, 1.54) is 0 Å². The molecular weight excluding hydrogens is 528 g/mol. The lowest BCUT2D eigenvalue weighted by Gasteiger charge is -2.12. The number of para-hydroxylation sites is 2. The maximum absolute atomic E-state index is 6.38. The molecule has 43 heavy (non-hydrogen) atoms. The first-order valence-electron chi connectivity index (χ1n) is 14.1. The van der Waals surface area contributed by atoms with Crippen LogP contribution in [0.3, 0.4) is 0 Å². The van der Waals surface area contributed by atoms with Crippen LogP contribution in [0.15, 0.2) is 150 Å². The molecular formula is C38H24N4O. The third kappa shape index (κ3) is 4.63. The van der Waals surface area contributed by atoms with Gasteiger partial charge in [0.2, 0.25) is 0 Å². The van der Waals surface area contributed by atoms with Crippen molar-refractivity contribution in [3.8, 4) is 56.4 Å². The van der Waals surface area contributed by atoms with Gasteiger partial charge >= 0.3 is 0 Å². The molecule has 0 aliphatic carbocycles. The lowest BCUT2D eigenvalue weighted by molar-refractivity contribution is 0.669. The van der Waals surface area contributed by atoms with Crippen molar-refractivity contribution in [3.05, 3.63) is 146 Å². The molecule has 0 saturated carbocycles. The third-order valence-corrected chi connectivity index (χ3v) is 7.61. The highest BCUT2D eigenvalue weighted by molar-refractivity contribution is 6.09. The molecule has 0 unspecified atom stereocenters. The molecule has 0 spiro atoms. The number of furan rings is 1. The number of hydrogen-bond acceptors (Lipinski definition) is 5. The molecule has 0 saturated heterocycles. The summed E-state index contributed by atoms with van der Waals surface area (Å²) in [6, 6.07) is 45.0. The summed E-state index contributed by atoms with van der Waals surface area (Å²) in [4.78, 5) is 19.5. The van der Waals surface area contributed by atoms with Gasteiger partial charge in [0.25, 0.3) is 0 Å². The van der Waals surface area contributed by atoms with Crippen molar-refractivity contribution >= 4 is 21.9 Å². The van der Waals surface area contributed by atoms with E-state index in [1.54, 1.807) is 6.20 Å². The molecule has 8 rings (SSSR count). The Morgan fingerprint density at radius 1 is 0.419 bits per heavy atom. The average Bonchev–Trinajstić information content (AvgIpc) is 3.48. The smallest absolute Gasteiger partial charge is 0.167 e. The Hall–Kier alpha value is -5.94. The highest BCUT2D eigenvalue weighted by Crippen LogP contribution is 2.37. The van der Waals surface area contributed by atoms with Crippen molar-refractivity contribution in [3.63, 3.8) is 0 Å².